The SMILES string of the molecule is CCOc1cccc(C(O)C2CC2)c1OC. The number of hydrogen-bond acceptors (Lipinski definition) is 3. The summed E-state index contributed by atoms with van der Waals surface area (Å²) in [6, 6.07) is 5.67. The first-order valence-electron chi connectivity index (χ1n) is 5.75. The van der Waals surface area contributed by atoms with Gasteiger partial charge >= 0.3 is 0 Å². The third kappa shape index (κ3) is 2.14. The van der Waals surface area contributed by atoms with Crippen molar-refractivity contribution in [2.75, 3.05) is 13.7 Å². The second-order valence-electron chi connectivity index (χ2n) is 4.09. The van der Waals surface area contributed by atoms with Crippen LogP contribution in [-0.4, -0.2) is 18.8 Å². The van der Waals surface area contributed by atoms with Gasteiger partial charge in [-0.1, -0.05) is 12.1 Å². The van der Waals surface area contributed by atoms with Crippen molar-refractivity contribution in [2.45, 2.75) is 25.9 Å². The Balaban J connectivity index is 2.31. The topological polar surface area (TPSA) is 38.7 Å². The van der Waals surface area contributed by atoms with Gasteiger partial charge in [0.15, 0.2) is 11.5 Å². The number of para-hydroxylation sites is 1. The van der Waals surface area contributed by atoms with E-state index in [9.17, 15) is 5.11 Å². The van der Waals surface area contributed by atoms with Crippen LogP contribution < -0.4 is 9.47 Å². The van der Waals surface area contributed by atoms with Gasteiger partial charge in [0.1, 0.15) is 0 Å². The molecule has 0 amide bonds. The highest BCUT2D eigenvalue weighted by molar-refractivity contribution is 5.48. The average Bonchev–Trinajstić information content (AvgIpc) is 3.12. The van der Waals surface area contributed by atoms with E-state index in [0.29, 0.717) is 24.0 Å². The van der Waals surface area contributed by atoms with Crippen LogP contribution in [0.5, 0.6) is 11.5 Å². The van der Waals surface area contributed by atoms with Gasteiger partial charge in [-0.15, -0.1) is 0 Å². The lowest BCUT2D eigenvalue weighted by atomic mass is 10.0. The number of hydrogen-bond donors (Lipinski definition) is 1. The van der Waals surface area contributed by atoms with Crippen LogP contribution in [0, 0.1) is 5.92 Å². The van der Waals surface area contributed by atoms with E-state index in [0.717, 1.165) is 18.4 Å². The monoisotopic (exact) mass is 222 g/mol. The highest BCUT2D eigenvalue weighted by atomic mass is 16.5. The van der Waals surface area contributed by atoms with E-state index in [4.69, 9.17) is 9.47 Å². The molecule has 1 unspecified atom stereocenters. The maximum Gasteiger partial charge on any atom is 0.166 e. The molecule has 1 saturated carbocycles. The zero-order chi connectivity index (χ0) is 11.5. The van der Waals surface area contributed by atoms with Gasteiger partial charge in [0.25, 0.3) is 0 Å². The van der Waals surface area contributed by atoms with Gasteiger partial charge in [0.05, 0.1) is 19.8 Å². The second-order valence-corrected chi connectivity index (χ2v) is 4.09. The molecule has 1 aliphatic rings. The Morgan fingerprint density at radius 1 is 1.44 bits per heavy atom. The summed E-state index contributed by atoms with van der Waals surface area (Å²) >= 11 is 0. The largest absolute Gasteiger partial charge is 0.492 e. The van der Waals surface area contributed by atoms with Gasteiger partial charge in [0, 0.05) is 5.56 Å². The highest BCUT2D eigenvalue weighted by Crippen LogP contribution is 2.45. The van der Waals surface area contributed by atoms with E-state index in [1.54, 1.807) is 7.11 Å². The van der Waals surface area contributed by atoms with Crippen LogP contribution in [0.1, 0.15) is 31.4 Å². The molecule has 0 aromatic heterocycles. The molecule has 0 bridgehead atoms. The predicted molar refractivity (Wildman–Crippen MR) is 61.8 cm³/mol. The molecule has 1 aromatic carbocycles. The lowest BCUT2D eigenvalue weighted by Gasteiger charge is -2.17. The van der Waals surface area contributed by atoms with Crippen molar-refractivity contribution in [3.05, 3.63) is 23.8 Å². The predicted octanol–water partition coefficient (Wildman–Crippen LogP) is 2.54. The number of methoxy groups -OCH3 is 1. The summed E-state index contributed by atoms with van der Waals surface area (Å²) in [5, 5.41) is 10.1. The fraction of sp³-hybridized carbons (Fsp3) is 0.538. The molecular weight excluding hydrogens is 204 g/mol. The van der Waals surface area contributed by atoms with E-state index in [2.05, 4.69) is 0 Å². The van der Waals surface area contributed by atoms with Gasteiger partial charge in [-0.2, -0.15) is 0 Å². The summed E-state index contributed by atoms with van der Waals surface area (Å²) in [5.74, 6) is 1.77. The maximum absolute atomic E-state index is 10.1. The molecule has 1 atom stereocenters. The number of aliphatic hydroxyl groups excluding tert-OH is 1. The number of ether oxygens (including phenoxy) is 2. The van der Waals surface area contributed by atoms with E-state index >= 15 is 0 Å². The van der Waals surface area contributed by atoms with E-state index in [1.165, 1.54) is 0 Å². The Bertz CT molecular complexity index is 358. The maximum atomic E-state index is 10.1. The molecule has 16 heavy (non-hydrogen) atoms. The van der Waals surface area contributed by atoms with Crippen molar-refractivity contribution in [1.82, 2.24) is 0 Å². The molecule has 1 N–H and O–H groups in total. The van der Waals surface area contributed by atoms with Gasteiger partial charge < -0.3 is 14.6 Å². The lowest BCUT2D eigenvalue weighted by Crippen LogP contribution is -2.04. The molecular formula is C13H18O3. The zero-order valence-electron chi connectivity index (χ0n) is 9.77. The van der Waals surface area contributed by atoms with Gasteiger partial charge in [-0.05, 0) is 31.7 Å². The number of aliphatic hydroxyl groups is 1. The van der Waals surface area contributed by atoms with Crippen LogP contribution in [0.2, 0.25) is 0 Å². The molecule has 0 heterocycles. The van der Waals surface area contributed by atoms with E-state index in [1.807, 2.05) is 25.1 Å². The molecule has 0 aliphatic heterocycles. The molecule has 1 aromatic rings. The van der Waals surface area contributed by atoms with Gasteiger partial charge in [-0.25, -0.2) is 0 Å². The van der Waals surface area contributed by atoms with Crippen molar-refractivity contribution >= 4 is 0 Å². The van der Waals surface area contributed by atoms with Crippen molar-refractivity contribution < 1.29 is 14.6 Å². The summed E-state index contributed by atoms with van der Waals surface area (Å²) in [7, 11) is 1.61. The first-order valence-corrected chi connectivity index (χ1v) is 5.75. The minimum Gasteiger partial charge on any atom is -0.492 e. The van der Waals surface area contributed by atoms with E-state index in [-0.39, 0.29) is 0 Å². The summed E-state index contributed by atoms with van der Waals surface area (Å²) < 4.78 is 10.8. The fourth-order valence-corrected chi connectivity index (χ4v) is 1.92. The van der Waals surface area contributed by atoms with Crippen LogP contribution >= 0.6 is 0 Å². The standard InChI is InChI=1S/C13H18O3/c1-3-16-11-6-4-5-10(13(11)15-2)12(14)9-7-8-9/h4-6,9,12,14H,3,7-8H2,1-2H3. The zero-order valence-corrected chi connectivity index (χ0v) is 9.77. The molecule has 3 heteroatoms. The van der Waals surface area contributed by atoms with Crippen LogP contribution in [0.25, 0.3) is 0 Å². The molecule has 3 nitrogen and oxygen atoms in total. The average molecular weight is 222 g/mol. The molecule has 2 rings (SSSR count). The first kappa shape index (κ1) is 11.3. The van der Waals surface area contributed by atoms with Gasteiger partial charge in [-0.3, -0.25) is 0 Å². The molecule has 1 fully saturated rings. The Kier molecular flexibility index (Phi) is 3.34. The van der Waals surface area contributed by atoms with Crippen LogP contribution in [0.3, 0.4) is 0 Å². The molecule has 0 radical (unpaired) electrons. The molecule has 88 valence electrons. The normalized spacial score (nSPS) is 16.9. The Hall–Kier alpha value is -1.22. The quantitative estimate of drug-likeness (QED) is 0.832. The summed E-state index contributed by atoms with van der Waals surface area (Å²) in [5.41, 5.74) is 0.843. The Morgan fingerprint density at radius 2 is 2.19 bits per heavy atom. The fourth-order valence-electron chi connectivity index (χ4n) is 1.92. The molecule has 1 aliphatic carbocycles. The Morgan fingerprint density at radius 3 is 2.75 bits per heavy atom. The smallest absolute Gasteiger partial charge is 0.166 e. The minimum atomic E-state index is -0.421. The Labute approximate surface area is 96.0 Å². The minimum absolute atomic E-state index is 0.394. The highest BCUT2D eigenvalue weighted by Gasteiger charge is 2.33. The van der Waals surface area contributed by atoms with Crippen molar-refractivity contribution in [3.63, 3.8) is 0 Å². The van der Waals surface area contributed by atoms with E-state index < -0.39 is 6.10 Å². The van der Waals surface area contributed by atoms with Gasteiger partial charge in [0.2, 0.25) is 0 Å². The lowest BCUT2D eigenvalue weighted by molar-refractivity contribution is 0.149. The van der Waals surface area contributed by atoms with Crippen LogP contribution in [-0.2, 0) is 0 Å². The third-order valence-electron chi connectivity index (χ3n) is 2.90. The number of rotatable bonds is 5. The summed E-state index contributed by atoms with van der Waals surface area (Å²) in [6.07, 6.45) is 1.78. The van der Waals surface area contributed by atoms with Crippen LogP contribution in [0.4, 0.5) is 0 Å². The first-order chi connectivity index (χ1) is 7.77. The second kappa shape index (κ2) is 4.74. The third-order valence-corrected chi connectivity index (χ3v) is 2.90. The summed E-state index contributed by atoms with van der Waals surface area (Å²) in [4.78, 5) is 0. The van der Waals surface area contributed by atoms with Crippen LogP contribution in [0.15, 0.2) is 18.2 Å². The molecule has 0 spiro atoms. The van der Waals surface area contributed by atoms with Crippen molar-refractivity contribution in [2.24, 2.45) is 5.92 Å². The molecule has 0 saturated heterocycles. The van der Waals surface area contributed by atoms with Crippen molar-refractivity contribution in [3.8, 4) is 11.5 Å². The summed E-state index contributed by atoms with van der Waals surface area (Å²) in [6.45, 7) is 2.53. The number of benzene rings is 1. The van der Waals surface area contributed by atoms with Crippen molar-refractivity contribution in [1.29, 1.82) is 0 Å².